The van der Waals surface area contributed by atoms with E-state index in [0.717, 1.165) is 5.56 Å². The molecule has 0 aliphatic carbocycles. The first kappa shape index (κ1) is 20.2. The average molecular weight is 412 g/mol. The van der Waals surface area contributed by atoms with E-state index in [-0.39, 0.29) is 43.2 Å². The summed E-state index contributed by atoms with van der Waals surface area (Å²) in [5.41, 5.74) is 2.25. The maximum atomic E-state index is 12.3. The van der Waals surface area contributed by atoms with Crippen LogP contribution in [-0.2, 0) is 14.3 Å². The van der Waals surface area contributed by atoms with Crippen LogP contribution in [0.2, 0.25) is 0 Å². The molecule has 0 aromatic heterocycles. The zero-order valence-electron chi connectivity index (χ0n) is 16.5. The van der Waals surface area contributed by atoms with E-state index in [4.69, 9.17) is 14.2 Å². The number of anilines is 2. The Hall–Kier alpha value is -3.10. The molecule has 2 amide bonds. The molecule has 1 fully saturated rings. The normalized spacial score (nSPS) is 24.2. The van der Waals surface area contributed by atoms with E-state index in [1.165, 1.54) is 7.11 Å². The second kappa shape index (κ2) is 8.73. The van der Waals surface area contributed by atoms with Crippen molar-refractivity contribution in [2.24, 2.45) is 0 Å². The molecule has 3 N–H and O–H groups in total. The van der Waals surface area contributed by atoms with Gasteiger partial charge >= 0.3 is 12.0 Å². The summed E-state index contributed by atoms with van der Waals surface area (Å²) >= 11 is 0. The van der Waals surface area contributed by atoms with Crippen LogP contribution >= 0.6 is 0 Å². The number of rotatable bonds is 5. The van der Waals surface area contributed by atoms with E-state index in [0.29, 0.717) is 23.5 Å². The Morgan fingerprint density at radius 2 is 1.90 bits per heavy atom. The van der Waals surface area contributed by atoms with Gasteiger partial charge in [0.25, 0.3) is 0 Å². The van der Waals surface area contributed by atoms with Crippen molar-refractivity contribution >= 4 is 23.4 Å². The number of esters is 1. The Bertz CT molecular complexity index is 919. The summed E-state index contributed by atoms with van der Waals surface area (Å²) in [6, 6.07) is 14.3. The largest absolute Gasteiger partial charge is 0.487 e. The van der Waals surface area contributed by atoms with Gasteiger partial charge in [0.2, 0.25) is 0 Å². The minimum Gasteiger partial charge on any atom is -0.487 e. The lowest BCUT2D eigenvalue weighted by atomic mass is 9.84. The summed E-state index contributed by atoms with van der Waals surface area (Å²) in [4.78, 5) is 24.0. The molecule has 2 heterocycles. The molecule has 158 valence electrons. The number of aliphatic hydroxyl groups is 1. The average Bonchev–Trinajstić information content (AvgIpc) is 3.11. The van der Waals surface area contributed by atoms with E-state index in [1.807, 2.05) is 24.3 Å². The highest BCUT2D eigenvalue weighted by Crippen LogP contribution is 2.47. The number of hydrogen-bond donors (Lipinski definition) is 3. The standard InChI is InChI=1S/C22H24N2O6/c1-28-20(26)11-15-10-17-16-9-14(24-22(27)23-13-5-3-2-4-6-13)7-8-18(16)30-21(17)19(12-25)29-15/h2-9,15,17,19,21,25H,10-12H2,1H3,(H2,23,24,27)/t15-,17-,19-,21+/m0/s1. The van der Waals surface area contributed by atoms with Crippen molar-refractivity contribution in [3.63, 3.8) is 0 Å². The number of benzene rings is 2. The summed E-state index contributed by atoms with van der Waals surface area (Å²) in [5, 5.41) is 15.4. The van der Waals surface area contributed by atoms with E-state index in [2.05, 4.69) is 10.6 Å². The monoisotopic (exact) mass is 412 g/mol. The molecule has 2 aliphatic heterocycles. The van der Waals surface area contributed by atoms with Gasteiger partial charge in [0, 0.05) is 22.9 Å². The highest BCUT2D eigenvalue weighted by molar-refractivity contribution is 5.99. The molecule has 0 unspecified atom stereocenters. The number of nitrogens with one attached hydrogen (secondary N) is 2. The lowest BCUT2D eigenvalue weighted by molar-refractivity contribution is -0.156. The highest BCUT2D eigenvalue weighted by atomic mass is 16.6. The fourth-order valence-electron chi connectivity index (χ4n) is 4.05. The molecule has 0 bridgehead atoms. The summed E-state index contributed by atoms with van der Waals surface area (Å²) in [6.07, 6.45) is -0.578. The Kier molecular flexibility index (Phi) is 5.87. The Balaban J connectivity index is 1.49. The van der Waals surface area contributed by atoms with Gasteiger partial charge in [0.15, 0.2) is 0 Å². The number of carbonyl (C=O) groups excluding carboxylic acids is 2. The molecular weight excluding hydrogens is 388 g/mol. The predicted octanol–water partition coefficient (Wildman–Crippen LogP) is 2.89. The second-order valence-electron chi connectivity index (χ2n) is 7.38. The van der Waals surface area contributed by atoms with Crippen LogP contribution in [-0.4, -0.2) is 49.1 Å². The number of ether oxygens (including phenoxy) is 3. The van der Waals surface area contributed by atoms with Crippen LogP contribution in [0.3, 0.4) is 0 Å². The van der Waals surface area contributed by atoms with Crippen molar-refractivity contribution in [2.45, 2.75) is 37.1 Å². The SMILES string of the molecule is COC(=O)C[C@@H]1C[C@H]2c3cc(NC(=O)Nc4ccccc4)ccc3O[C@H]2[C@H](CO)O1. The van der Waals surface area contributed by atoms with Crippen molar-refractivity contribution < 1.29 is 28.9 Å². The van der Waals surface area contributed by atoms with Gasteiger partial charge in [-0.25, -0.2) is 4.79 Å². The Morgan fingerprint density at radius 1 is 1.13 bits per heavy atom. The van der Waals surface area contributed by atoms with Crippen molar-refractivity contribution in [3.05, 3.63) is 54.1 Å². The van der Waals surface area contributed by atoms with Gasteiger partial charge in [0.1, 0.15) is 18.0 Å². The first-order valence-corrected chi connectivity index (χ1v) is 9.84. The molecule has 2 aromatic rings. The summed E-state index contributed by atoms with van der Waals surface area (Å²) in [7, 11) is 1.34. The second-order valence-corrected chi connectivity index (χ2v) is 7.38. The van der Waals surface area contributed by atoms with Crippen LogP contribution in [0.15, 0.2) is 48.5 Å². The van der Waals surface area contributed by atoms with E-state index < -0.39 is 6.10 Å². The third-order valence-electron chi connectivity index (χ3n) is 5.41. The lowest BCUT2D eigenvalue weighted by Gasteiger charge is -2.36. The molecule has 8 heteroatoms. The van der Waals surface area contributed by atoms with Gasteiger partial charge in [-0.3, -0.25) is 4.79 Å². The smallest absolute Gasteiger partial charge is 0.323 e. The molecule has 4 atom stereocenters. The number of fused-ring (bicyclic) bond motifs is 3. The molecular formula is C22H24N2O6. The van der Waals surface area contributed by atoms with E-state index in [9.17, 15) is 14.7 Å². The number of amides is 2. The number of aliphatic hydroxyl groups excluding tert-OH is 1. The molecule has 1 saturated heterocycles. The van der Waals surface area contributed by atoms with Crippen molar-refractivity contribution in [1.29, 1.82) is 0 Å². The van der Waals surface area contributed by atoms with Gasteiger partial charge in [0.05, 0.1) is 26.2 Å². The molecule has 4 rings (SSSR count). The van der Waals surface area contributed by atoms with Gasteiger partial charge in [-0.15, -0.1) is 0 Å². The number of para-hydroxylation sites is 1. The summed E-state index contributed by atoms with van der Waals surface area (Å²) in [5.74, 6) is 0.279. The molecule has 2 aliphatic rings. The van der Waals surface area contributed by atoms with Gasteiger partial charge in [-0.05, 0) is 36.8 Å². The predicted molar refractivity (Wildman–Crippen MR) is 110 cm³/mol. The fourth-order valence-corrected chi connectivity index (χ4v) is 4.05. The molecule has 30 heavy (non-hydrogen) atoms. The van der Waals surface area contributed by atoms with Crippen molar-refractivity contribution in [1.82, 2.24) is 0 Å². The van der Waals surface area contributed by atoms with Crippen LogP contribution in [0.4, 0.5) is 16.2 Å². The quantitative estimate of drug-likeness (QED) is 0.652. The van der Waals surface area contributed by atoms with Crippen LogP contribution < -0.4 is 15.4 Å². The molecule has 2 aromatic carbocycles. The number of methoxy groups -OCH3 is 1. The van der Waals surface area contributed by atoms with Crippen molar-refractivity contribution in [3.8, 4) is 5.75 Å². The number of hydrogen-bond acceptors (Lipinski definition) is 6. The molecule has 8 nitrogen and oxygen atoms in total. The van der Waals surface area contributed by atoms with Crippen molar-refractivity contribution in [2.75, 3.05) is 24.4 Å². The summed E-state index contributed by atoms with van der Waals surface area (Å²) < 4.78 is 16.6. The summed E-state index contributed by atoms with van der Waals surface area (Å²) in [6.45, 7) is -0.211. The minimum absolute atomic E-state index is 0.0560. The van der Waals surface area contributed by atoms with Gasteiger partial charge < -0.3 is 30.0 Å². The van der Waals surface area contributed by atoms with Crippen LogP contribution in [0.25, 0.3) is 0 Å². The maximum absolute atomic E-state index is 12.3. The third-order valence-corrected chi connectivity index (χ3v) is 5.41. The number of carbonyl (C=O) groups is 2. The van der Waals surface area contributed by atoms with Gasteiger partial charge in [-0.1, -0.05) is 18.2 Å². The Morgan fingerprint density at radius 3 is 2.63 bits per heavy atom. The molecule has 0 spiro atoms. The number of urea groups is 1. The zero-order valence-corrected chi connectivity index (χ0v) is 16.5. The first-order chi connectivity index (χ1) is 14.6. The van der Waals surface area contributed by atoms with Crippen LogP contribution in [0.1, 0.15) is 24.3 Å². The third kappa shape index (κ3) is 4.24. The Labute approximate surface area is 174 Å². The topological polar surface area (TPSA) is 106 Å². The molecule has 0 radical (unpaired) electrons. The van der Waals surface area contributed by atoms with E-state index >= 15 is 0 Å². The van der Waals surface area contributed by atoms with Crippen LogP contribution in [0.5, 0.6) is 5.75 Å². The maximum Gasteiger partial charge on any atom is 0.323 e. The zero-order chi connectivity index (χ0) is 21.1. The first-order valence-electron chi connectivity index (χ1n) is 9.84. The van der Waals surface area contributed by atoms with Crippen LogP contribution in [0, 0.1) is 0 Å². The minimum atomic E-state index is -0.538. The lowest BCUT2D eigenvalue weighted by Crippen LogP contribution is -2.46. The highest BCUT2D eigenvalue weighted by Gasteiger charge is 2.46. The fraction of sp³-hybridized carbons (Fsp3) is 0.364. The van der Waals surface area contributed by atoms with Gasteiger partial charge in [-0.2, -0.15) is 0 Å². The molecule has 0 saturated carbocycles. The van der Waals surface area contributed by atoms with E-state index in [1.54, 1.807) is 24.3 Å².